The summed E-state index contributed by atoms with van der Waals surface area (Å²) in [5, 5.41) is 16.4. The molecule has 10 heteroatoms. The van der Waals surface area contributed by atoms with Gasteiger partial charge in [0.15, 0.2) is 11.6 Å². The van der Waals surface area contributed by atoms with Crippen LogP contribution in [0.5, 0.6) is 0 Å². The van der Waals surface area contributed by atoms with E-state index in [9.17, 15) is 13.6 Å². The van der Waals surface area contributed by atoms with E-state index in [1.807, 2.05) is 19.9 Å². The van der Waals surface area contributed by atoms with Gasteiger partial charge in [-0.2, -0.15) is 5.10 Å². The minimum absolute atomic E-state index is 0.0370. The van der Waals surface area contributed by atoms with Gasteiger partial charge >= 0.3 is 0 Å². The van der Waals surface area contributed by atoms with E-state index in [1.54, 1.807) is 35.2 Å². The molecule has 0 fully saturated rings. The zero-order valence-corrected chi connectivity index (χ0v) is 26.3. The first-order valence-electron chi connectivity index (χ1n) is 15.1. The highest BCUT2D eigenvalue weighted by Crippen LogP contribution is 2.23. The average Bonchev–Trinajstić information content (AvgIpc) is 3.42. The van der Waals surface area contributed by atoms with Crippen LogP contribution < -0.4 is 5.32 Å². The number of aliphatic hydroxyl groups is 1. The number of nitrogens with one attached hydrogen (secondary N) is 1. The molecule has 0 saturated carbocycles. The van der Waals surface area contributed by atoms with Gasteiger partial charge in [-0.15, -0.1) is 0 Å². The average molecular weight is 609 g/mol. The maximum atomic E-state index is 13.5. The Morgan fingerprint density at radius 1 is 1.05 bits per heavy atom. The largest absolute Gasteiger partial charge is 0.393 e. The summed E-state index contributed by atoms with van der Waals surface area (Å²) in [5.74, 6) is 0.379. The van der Waals surface area contributed by atoms with Crippen molar-refractivity contribution in [3.63, 3.8) is 0 Å². The highest BCUT2D eigenvalue weighted by Gasteiger charge is 2.15. The van der Waals surface area contributed by atoms with Crippen molar-refractivity contribution in [1.82, 2.24) is 25.0 Å². The highest BCUT2D eigenvalue weighted by atomic mass is 19.1. The van der Waals surface area contributed by atoms with Gasteiger partial charge in [0, 0.05) is 54.9 Å². The summed E-state index contributed by atoms with van der Waals surface area (Å²) in [6.07, 6.45) is 9.08. The second-order valence-corrected chi connectivity index (χ2v) is 10.3. The van der Waals surface area contributed by atoms with E-state index in [1.165, 1.54) is 24.3 Å². The molecule has 0 unspecified atom stereocenters. The number of halogens is 2. The number of nitrogens with zero attached hydrogens (tertiary/aromatic N) is 5. The fraction of sp³-hybridized carbons (Fsp3) is 0.412. The SMILES string of the molecule is C=C(/C=C(/C)N=CC)N(CCCn1nc(-c2ccc(F)cc2)nc1-c1ccc(F)cc1)CCNC=O.CCCC(O)CCC. The number of amides is 1. The van der Waals surface area contributed by atoms with Crippen molar-refractivity contribution in [2.24, 2.45) is 4.99 Å². The summed E-state index contributed by atoms with van der Waals surface area (Å²) in [4.78, 5) is 21.7. The summed E-state index contributed by atoms with van der Waals surface area (Å²) in [6, 6.07) is 12.1. The second-order valence-electron chi connectivity index (χ2n) is 10.3. The minimum Gasteiger partial charge on any atom is -0.393 e. The number of benzene rings is 2. The smallest absolute Gasteiger partial charge is 0.207 e. The third-order valence-electron chi connectivity index (χ3n) is 6.64. The van der Waals surface area contributed by atoms with Crippen molar-refractivity contribution in [2.45, 2.75) is 72.4 Å². The summed E-state index contributed by atoms with van der Waals surface area (Å²) < 4.78 is 28.7. The van der Waals surface area contributed by atoms with E-state index in [-0.39, 0.29) is 17.7 Å². The van der Waals surface area contributed by atoms with Crippen LogP contribution in [0.3, 0.4) is 0 Å². The van der Waals surface area contributed by atoms with Crippen LogP contribution in [0.4, 0.5) is 8.78 Å². The topological polar surface area (TPSA) is 95.6 Å². The summed E-state index contributed by atoms with van der Waals surface area (Å²) in [7, 11) is 0. The molecular weight excluding hydrogens is 562 g/mol. The number of allylic oxidation sites excluding steroid dienone is 2. The molecule has 0 spiro atoms. The third kappa shape index (κ3) is 12.6. The molecule has 1 heterocycles. The second kappa shape index (κ2) is 19.9. The lowest BCUT2D eigenvalue weighted by atomic mass is 10.1. The van der Waals surface area contributed by atoms with Gasteiger partial charge in [-0.05, 0) is 87.7 Å². The molecule has 44 heavy (non-hydrogen) atoms. The highest BCUT2D eigenvalue weighted by molar-refractivity contribution is 5.61. The zero-order chi connectivity index (χ0) is 32.3. The van der Waals surface area contributed by atoms with Gasteiger partial charge in [-0.1, -0.05) is 33.3 Å². The standard InChI is InChI=1S/C27H30F2N6O.C7H16O/c1-4-31-20(2)18-21(3)34(17-14-30-19-36)15-5-16-35-27(23-8-12-25(29)13-9-23)32-26(33-35)22-6-10-24(28)11-7-22;1-3-5-7(8)6-4-2/h4,6-13,18-19H,3,5,14-17H2,1-2H3,(H,30,36);7-8H,3-6H2,1-2H3/b20-18-,31-4?;. The van der Waals surface area contributed by atoms with Crippen molar-refractivity contribution in [3.8, 4) is 22.8 Å². The number of aliphatic hydroxyl groups excluding tert-OH is 1. The molecule has 0 aliphatic rings. The first-order chi connectivity index (χ1) is 21.2. The van der Waals surface area contributed by atoms with Crippen LogP contribution in [-0.2, 0) is 11.3 Å². The Morgan fingerprint density at radius 2 is 1.64 bits per heavy atom. The van der Waals surface area contributed by atoms with Gasteiger partial charge in [0.05, 0.1) is 6.10 Å². The van der Waals surface area contributed by atoms with Gasteiger partial charge in [0.1, 0.15) is 11.6 Å². The predicted molar refractivity (Wildman–Crippen MR) is 174 cm³/mol. The number of hydrogen-bond donors (Lipinski definition) is 2. The molecule has 0 bridgehead atoms. The molecule has 0 aliphatic heterocycles. The normalized spacial score (nSPS) is 11.4. The number of aliphatic imine (C=N–C) groups is 1. The fourth-order valence-corrected chi connectivity index (χ4v) is 4.48. The van der Waals surface area contributed by atoms with E-state index in [2.05, 4.69) is 45.7 Å². The Hall–Kier alpha value is -4.18. The lowest BCUT2D eigenvalue weighted by molar-refractivity contribution is -0.109. The number of aromatic nitrogens is 3. The lowest BCUT2D eigenvalue weighted by Crippen LogP contribution is -2.31. The van der Waals surface area contributed by atoms with Crippen molar-refractivity contribution in [1.29, 1.82) is 0 Å². The molecule has 0 atom stereocenters. The van der Waals surface area contributed by atoms with Gasteiger partial charge in [0.2, 0.25) is 6.41 Å². The quantitative estimate of drug-likeness (QED) is 0.0762. The van der Waals surface area contributed by atoms with E-state index >= 15 is 0 Å². The number of rotatable bonds is 17. The van der Waals surface area contributed by atoms with Crippen LogP contribution >= 0.6 is 0 Å². The number of carbonyl (C=O) groups excluding carboxylic acids is 1. The van der Waals surface area contributed by atoms with Gasteiger partial charge in [-0.3, -0.25) is 9.79 Å². The van der Waals surface area contributed by atoms with Crippen molar-refractivity contribution < 1.29 is 18.7 Å². The van der Waals surface area contributed by atoms with Gasteiger partial charge in [0.25, 0.3) is 0 Å². The molecule has 2 aromatic carbocycles. The van der Waals surface area contributed by atoms with Crippen LogP contribution in [0.1, 0.15) is 59.8 Å². The molecule has 238 valence electrons. The van der Waals surface area contributed by atoms with Crippen molar-refractivity contribution >= 4 is 12.6 Å². The van der Waals surface area contributed by atoms with Crippen LogP contribution in [0.15, 0.2) is 77.6 Å². The Labute approximate surface area is 260 Å². The predicted octanol–water partition coefficient (Wildman–Crippen LogP) is 6.78. The molecule has 0 saturated heterocycles. The molecule has 2 N–H and O–H groups in total. The molecule has 1 aromatic heterocycles. The first kappa shape index (κ1) is 36.0. The molecule has 3 rings (SSSR count). The molecular formula is C34H46F2N6O2. The minimum atomic E-state index is -0.338. The first-order valence-corrected chi connectivity index (χ1v) is 15.1. The zero-order valence-electron chi connectivity index (χ0n) is 26.3. The molecule has 8 nitrogen and oxygen atoms in total. The Bertz CT molecular complexity index is 1330. The molecule has 0 radical (unpaired) electrons. The Morgan fingerprint density at radius 3 is 2.18 bits per heavy atom. The summed E-state index contributed by atoms with van der Waals surface area (Å²) in [6.45, 7) is 14.3. The van der Waals surface area contributed by atoms with Gasteiger partial charge < -0.3 is 15.3 Å². The maximum absolute atomic E-state index is 13.5. The fourth-order valence-electron chi connectivity index (χ4n) is 4.48. The number of aryl methyl sites for hydroxylation is 1. The lowest BCUT2D eigenvalue weighted by Gasteiger charge is -2.25. The van der Waals surface area contributed by atoms with Crippen molar-refractivity contribution in [3.05, 3.63) is 84.2 Å². The Kier molecular flexibility index (Phi) is 16.3. The summed E-state index contributed by atoms with van der Waals surface area (Å²) >= 11 is 0. The third-order valence-corrected chi connectivity index (χ3v) is 6.64. The van der Waals surface area contributed by atoms with E-state index < -0.39 is 0 Å². The number of hydrogen-bond acceptors (Lipinski definition) is 6. The Balaban J connectivity index is 0.000000742. The molecule has 1 amide bonds. The van der Waals surface area contributed by atoms with Crippen LogP contribution in [-0.4, -0.2) is 63.1 Å². The van der Waals surface area contributed by atoms with Crippen molar-refractivity contribution in [2.75, 3.05) is 19.6 Å². The maximum Gasteiger partial charge on any atom is 0.207 e. The number of carbonyl (C=O) groups is 1. The van der Waals surface area contributed by atoms with Crippen LogP contribution in [0.25, 0.3) is 22.8 Å². The van der Waals surface area contributed by atoms with E-state index in [0.29, 0.717) is 56.2 Å². The molecule has 3 aromatic rings. The molecule has 0 aliphatic carbocycles. The van der Waals surface area contributed by atoms with Crippen LogP contribution in [0.2, 0.25) is 0 Å². The van der Waals surface area contributed by atoms with E-state index in [0.717, 1.165) is 42.6 Å². The van der Waals surface area contributed by atoms with Gasteiger partial charge in [-0.25, -0.2) is 18.4 Å². The summed E-state index contributed by atoms with van der Waals surface area (Å²) in [5.41, 5.74) is 3.03. The monoisotopic (exact) mass is 608 g/mol. The van der Waals surface area contributed by atoms with E-state index in [4.69, 9.17) is 5.11 Å². The van der Waals surface area contributed by atoms with Crippen LogP contribution in [0, 0.1) is 11.6 Å².